The maximum Gasteiger partial charge on any atom is 0.338 e. The molecular formula is C22H18N2O3S2. The van der Waals surface area contributed by atoms with E-state index in [1.165, 1.54) is 17.4 Å². The Balaban J connectivity index is 1.94. The third-order valence-corrected chi connectivity index (χ3v) is 6.31. The van der Waals surface area contributed by atoms with E-state index in [1.54, 1.807) is 22.8 Å². The lowest BCUT2D eigenvalue weighted by Gasteiger charge is -2.24. The highest BCUT2D eigenvalue weighted by molar-refractivity contribution is 7.11. The van der Waals surface area contributed by atoms with Gasteiger partial charge >= 0.3 is 5.97 Å². The summed E-state index contributed by atoms with van der Waals surface area (Å²) in [6.07, 6.45) is 3.38. The molecule has 0 fully saturated rings. The van der Waals surface area contributed by atoms with Crippen LogP contribution in [0.4, 0.5) is 0 Å². The summed E-state index contributed by atoms with van der Waals surface area (Å²) in [6, 6.07) is 12.8. The van der Waals surface area contributed by atoms with E-state index in [0.717, 1.165) is 10.4 Å². The first-order chi connectivity index (χ1) is 14.1. The molecule has 0 saturated heterocycles. The van der Waals surface area contributed by atoms with Crippen LogP contribution in [0.15, 0.2) is 81.6 Å². The third kappa shape index (κ3) is 3.66. The summed E-state index contributed by atoms with van der Waals surface area (Å²) in [7, 11) is 0. The number of hydrogen-bond donors (Lipinski definition) is 0. The summed E-state index contributed by atoms with van der Waals surface area (Å²) in [5.41, 5.74) is 1.58. The number of hydrogen-bond acceptors (Lipinski definition) is 6. The minimum Gasteiger partial charge on any atom is -0.458 e. The molecule has 0 spiro atoms. The first-order valence-electron chi connectivity index (χ1n) is 8.99. The molecule has 0 saturated carbocycles. The SMILES string of the molecule is C=CCOC(=O)C1=C(C)N=c2sc(=Cc3cccs3)c(=O)n2C1c1ccccc1. The van der Waals surface area contributed by atoms with Crippen molar-refractivity contribution < 1.29 is 9.53 Å². The molecule has 1 unspecified atom stereocenters. The van der Waals surface area contributed by atoms with Crippen LogP contribution >= 0.6 is 22.7 Å². The van der Waals surface area contributed by atoms with Crippen LogP contribution in [0.5, 0.6) is 0 Å². The quantitative estimate of drug-likeness (QED) is 0.469. The van der Waals surface area contributed by atoms with Crippen molar-refractivity contribution in [2.45, 2.75) is 13.0 Å². The summed E-state index contributed by atoms with van der Waals surface area (Å²) in [4.78, 5) is 32.3. The summed E-state index contributed by atoms with van der Waals surface area (Å²) in [5, 5.41) is 1.97. The lowest BCUT2D eigenvalue weighted by Crippen LogP contribution is -2.39. The van der Waals surface area contributed by atoms with Gasteiger partial charge in [0, 0.05) is 4.88 Å². The normalized spacial score (nSPS) is 16.3. The molecule has 1 aliphatic rings. The predicted molar refractivity (Wildman–Crippen MR) is 116 cm³/mol. The molecule has 2 aromatic heterocycles. The molecule has 0 N–H and O–H groups in total. The maximum atomic E-state index is 13.3. The number of carbonyl (C=O) groups is 1. The van der Waals surface area contributed by atoms with Crippen molar-refractivity contribution in [2.24, 2.45) is 4.99 Å². The summed E-state index contributed by atoms with van der Waals surface area (Å²) in [6.45, 7) is 5.46. The zero-order chi connectivity index (χ0) is 20.4. The largest absolute Gasteiger partial charge is 0.458 e. The van der Waals surface area contributed by atoms with Gasteiger partial charge in [-0.15, -0.1) is 11.3 Å². The summed E-state index contributed by atoms with van der Waals surface area (Å²) >= 11 is 2.89. The van der Waals surface area contributed by atoms with Gasteiger partial charge in [-0.2, -0.15) is 0 Å². The Labute approximate surface area is 175 Å². The van der Waals surface area contributed by atoms with E-state index in [9.17, 15) is 9.59 Å². The predicted octanol–water partition coefficient (Wildman–Crippen LogP) is 3.03. The average Bonchev–Trinajstić information content (AvgIpc) is 3.34. The second-order valence-electron chi connectivity index (χ2n) is 6.40. The fourth-order valence-corrected chi connectivity index (χ4v) is 5.02. The Bertz CT molecular complexity index is 1270. The van der Waals surface area contributed by atoms with Gasteiger partial charge in [0.15, 0.2) is 4.80 Å². The Kier molecular flexibility index (Phi) is 5.42. The first kappa shape index (κ1) is 19.3. The van der Waals surface area contributed by atoms with Crippen LogP contribution in [-0.4, -0.2) is 17.1 Å². The Morgan fingerprint density at radius 1 is 1.28 bits per heavy atom. The van der Waals surface area contributed by atoms with Crippen LogP contribution < -0.4 is 14.9 Å². The second kappa shape index (κ2) is 8.14. The monoisotopic (exact) mass is 422 g/mol. The smallest absolute Gasteiger partial charge is 0.338 e. The van der Waals surface area contributed by atoms with E-state index in [-0.39, 0.29) is 12.2 Å². The highest BCUT2D eigenvalue weighted by atomic mass is 32.1. The third-order valence-electron chi connectivity index (χ3n) is 4.51. The van der Waals surface area contributed by atoms with Gasteiger partial charge in [0.25, 0.3) is 5.56 Å². The molecular weight excluding hydrogens is 404 g/mol. The highest BCUT2D eigenvalue weighted by Crippen LogP contribution is 2.30. The van der Waals surface area contributed by atoms with Gasteiger partial charge in [-0.25, -0.2) is 9.79 Å². The van der Waals surface area contributed by atoms with Crippen molar-refractivity contribution in [3.63, 3.8) is 0 Å². The molecule has 146 valence electrons. The van der Waals surface area contributed by atoms with Gasteiger partial charge in [0.05, 0.1) is 21.8 Å². The molecule has 1 aliphatic heterocycles. The van der Waals surface area contributed by atoms with Crippen LogP contribution in [0, 0.1) is 0 Å². The maximum absolute atomic E-state index is 13.3. The standard InChI is InChI=1S/C22H18N2O3S2/c1-3-11-27-21(26)18-14(2)23-22-24(19(18)15-8-5-4-6-9-15)20(25)17(29-22)13-16-10-7-12-28-16/h3-10,12-13,19H,1,11H2,2H3. The van der Waals surface area contributed by atoms with Crippen molar-refractivity contribution in [1.29, 1.82) is 0 Å². The number of carbonyl (C=O) groups excluding carboxylic acids is 1. The van der Waals surface area contributed by atoms with E-state index in [1.807, 2.05) is 53.9 Å². The van der Waals surface area contributed by atoms with Crippen molar-refractivity contribution in [3.05, 3.63) is 102 Å². The number of thiazole rings is 1. The number of rotatable bonds is 5. The van der Waals surface area contributed by atoms with Crippen molar-refractivity contribution >= 4 is 34.7 Å². The number of esters is 1. The first-order valence-corrected chi connectivity index (χ1v) is 10.7. The van der Waals surface area contributed by atoms with E-state index in [0.29, 0.717) is 20.6 Å². The molecule has 1 aromatic carbocycles. The van der Waals surface area contributed by atoms with Crippen molar-refractivity contribution in [1.82, 2.24) is 4.57 Å². The van der Waals surface area contributed by atoms with Crippen LogP contribution in [-0.2, 0) is 9.53 Å². The highest BCUT2D eigenvalue weighted by Gasteiger charge is 2.33. The average molecular weight is 423 g/mol. The number of thiophene rings is 1. The molecule has 3 aromatic rings. The molecule has 29 heavy (non-hydrogen) atoms. The lowest BCUT2D eigenvalue weighted by molar-refractivity contribution is -0.138. The van der Waals surface area contributed by atoms with Crippen LogP contribution in [0.1, 0.15) is 23.4 Å². The zero-order valence-electron chi connectivity index (χ0n) is 15.7. The number of allylic oxidation sites excluding steroid dienone is 1. The van der Waals surface area contributed by atoms with Crippen LogP contribution in [0.3, 0.4) is 0 Å². The molecule has 1 atom stereocenters. The molecule has 5 nitrogen and oxygen atoms in total. The molecule has 0 bridgehead atoms. The Hall–Kier alpha value is -3.03. The van der Waals surface area contributed by atoms with Crippen molar-refractivity contribution in [3.8, 4) is 0 Å². The van der Waals surface area contributed by atoms with Gasteiger partial charge in [0.2, 0.25) is 0 Å². The summed E-state index contributed by atoms with van der Waals surface area (Å²) in [5.74, 6) is -0.493. The molecule has 0 aliphatic carbocycles. The molecule has 0 radical (unpaired) electrons. The van der Waals surface area contributed by atoms with Crippen molar-refractivity contribution in [2.75, 3.05) is 6.61 Å². The minimum atomic E-state index is -0.588. The Morgan fingerprint density at radius 3 is 2.76 bits per heavy atom. The van der Waals surface area contributed by atoms with Gasteiger partial charge < -0.3 is 4.74 Å². The van der Waals surface area contributed by atoms with E-state index in [2.05, 4.69) is 11.6 Å². The van der Waals surface area contributed by atoms with Gasteiger partial charge in [-0.05, 0) is 30.0 Å². The van der Waals surface area contributed by atoms with Gasteiger partial charge in [-0.1, -0.05) is 60.4 Å². The topological polar surface area (TPSA) is 60.7 Å². The Morgan fingerprint density at radius 2 is 2.07 bits per heavy atom. The minimum absolute atomic E-state index is 0.0971. The molecule has 7 heteroatoms. The molecule has 4 rings (SSSR count). The molecule has 0 amide bonds. The molecule has 3 heterocycles. The summed E-state index contributed by atoms with van der Waals surface area (Å²) < 4.78 is 7.48. The van der Waals surface area contributed by atoms with E-state index >= 15 is 0 Å². The fraction of sp³-hybridized carbons (Fsp3) is 0.136. The number of aromatic nitrogens is 1. The number of nitrogens with zero attached hydrogens (tertiary/aromatic N) is 2. The zero-order valence-corrected chi connectivity index (χ0v) is 17.3. The lowest BCUT2D eigenvalue weighted by atomic mass is 9.96. The second-order valence-corrected chi connectivity index (χ2v) is 8.38. The van der Waals surface area contributed by atoms with Crippen LogP contribution in [0.2, 0.25) is 0 Å². The van der Waals surface area contributed by atoms with Gasteiger partial charge in [-0.3, -0.25) is 9.36 Å². The number of fused-ring (bicyclic) bond motifs is 1. The fourth-order valence-electron chi connectivity index (χ4n) is 3.25. The van der Waals surface area contributed by atoms with E-state index < -0.39 is 12.0 Å². The van der Waals surface area contributed by atoms with Crippen LogP contribution in [0.25, 0.3) is 6.08 Å². The number of benzene rings is 1. The van der Waals surface area contributed by atoms with E-state index in [4.69, 9.17) is 4.74 Å². The number of ether oxygens (including phenoxy) is 1. The van der Waals surface area contributed by atoms with Gasteiger partial charge in [0.1, 0.15) is 6.61 Å².